The Morgan fingerprint density at radius 3 is 1.93 bits per heavy atom. The number of nitrogens with zero attached hydrogens (tertiary/aromatic N) is 1. The first kappa shape index (κ1) is 16.0. The van der Waals surface area contributed by atoms with Crippen molar-refractivity contribution in [1.29, 1.82) is 0 Å². The van der Waals surface area contributed by atoms with E-state index >= 15 is 0 Å². The molecular formula is C29H19N. The van der Waals surface area contributed by atoms with Crippen LogP contribution in [0.2, 0.25) is 0 Å². The first-order chi connectivity index (χ1) is 14.9. The van der Waals surface area contributed by atoms with Crippen LogP contribution in [0.3, 0.4) is 0 Å². The molecule has 0 saturated carbocycles. The number of para-hydroxylation sites is 2. The molecule has 0 aliphatic heterocycles. The molecule has 1 heterocycles. The highest BCUT2D eigenvalue weighted by molar-refractivity contribution is 6.09. The normalized spacial score (nSPS) is 12.5. The van der Waals surface area contributed by atoms with Crippen molar-refractivity contribution in [1.82, 2.24) is 4.57 Å². The minimum absolute atomic E-state index is 1.02. The maximum atomic E-state index is 2.41. The average Bonchev–Trinajstić information content (AvgIpc) is 3.34. The third-order valence-corrected chi connectivity index (χ3v) is 6.60. The SMILES string of the molecule is c1ccc2c3c(ccc2c1)Cc1ccc(-n2c4ccccc4c4ccccc42)cc1-3. The second-order valence-electron chi connectivity index (χ2n) is 8.21. The van der Waals surface area contributed by atoms with Gasteiger partial charge in [0.1, 0.15) is 0 Å². The zero-order valence-corrected chi connectivity index (χ0v) is 16.5. The Bertz CT molecular complexity index is 1560. The predicted molar refractivity (Wildman–Crippen MR) is 127 cm³/mol. The lowest BCUT2D eigenvalue weighted by molar-refractivity contribution is 1.17. The number of aromatic nitrogens is 1. The highest BCUT2D eigenvalue weighted by atomic mass is 15.0. The summed E-state index contributed by atoms with van der Waals surface area (Å²) in [6.07, 6.45) is 1.02. The van der Waals surface area contributed by atoms with Gasteiger partial charge < -0.3 is 4.57 Å². The zero-order valence-electron chi connectivity index (χ0n) is 16.5. The van der Waals surface area contributed by atoms with Crippen LogP contribution in [0, 0.1) is 0 Å². The highest BCUT2D eigenvalue weighted by Gasteiger charge is 2.22. The van der Waals surface area contributed by atoms with Crippen LogP contribution >= 0.6 is 0 Å². The van der Waals surface area contributed by atoms with E-state index in [2.05, 4.69) is 108 Å². The fourth-order valence-corrected chi connectivity index (χ4v) is 5.28. The third-order valence-electron chi connectivity index (χ3n) is 6.60. The molecule has 0 N–H and O–H groups in total. The lowest BCUT2D eigenvalue weighted by Gasteiger charge is -2.11. The summed E-state index contributed by atoms with van der Waals surface area (Å²) in [5.74, 6) is 0. The molecule has 1 nitrogen and oxygen atoms in total. The molecule has 1 aliphatic carbocycles. The Labute approximate surface area is 174 Å². The quantitative estimate of drug-likeness (QED) is 0.277. The molecule has 0 unspecified atom stereocenters. The molecule has 1 aromatic heterocycles. The van der Waals surface area contributed by atoms with Gasteiger partial charge in [-0.2, -0.15) is 0 Å². The van der Waals surface area contributed by atoms with Crippen LogP contribution in [-0.2, 0) is 6.42 Å². The van der Waals surface area contributed by atoms with Crippen LogP contribution in [-0.4, -0.2) is 4.57 Å². The number of fused-ring (bicyclic) bond motifs is 8. The Hall–Kier alpha value is -3.84. The van der Waals surface area contributed by atoms with Gasteiger partial charge in [-0.25, -0.2) is 0 Å². The smallest absolute Gasteiger partial charge is 0.0541 e. The third kappa shape index (κ3) is 2.07. The van der Waals surface area contributed by atoms with Crippen molar-refractivity contribution in [3.63, 3.8) is 0 Å². The van der Waals surface area contributed by atoms with Gasteiger partial charge in [0.25, 0.3) is 0 Å². The minimum atomic E-state index is 1.02. The molecule has 0 radical (unpaired) electrons. The molecule has 30 heavy (non-hydrogen) atoms. The average molecular weight is 381 g/mol. The molecule has 0 bridgehead atoms. The van der Waals surface area contributed by atoms with Crippen molar-refractivity contribution >= 4 is 32.6 Å². The van der Waals surface area contributed by atoms with Crippen molar-refractivity contribution in [2.24, 2.45) is 0 Å². The second kappa shape index (κ2) is 5.84. The lowest BCUT2D eigenvalue weighted by Crippen LogP contribution is -1.94. The van der Waals surface area contributed by atoms with Gasteiger partial charge in [-0.15, -0.1) is 0 Å². The van der Waals surface area contributed by atoms with Crippen LogP contribution in [0.1, 0.15) is 11.1 Å². The Balaban J connectivity index is 1.55. The summed E-state index contributed by atoms with van der Waals surface area (Å²) in [5.41, 5.74) is 9.39. The van der Waals surface area contributed by atoms with Gasteiger partial charge in [0.2, 0.25) is 0 Å². The zero-order chi connectivity index (χ0) is 19.7. The second-order valence-corrected chi connectivity index (χ2v) is 8.21. The van der Waals surface area contributed by atoms with Crippen LogP contribution in [0.25, 0.3) is 49.4 Å². The molecule has 6 aromatic rings. The lowest BCUT2D eigenvalue weighted by atomic mass is 9.98. The largest absolute Gasteiger partial charge is 0.309 e. The van der Waals surface area contributed by atoms with Crippen molar-refractivity contribution in [3.05, 3.63) is 114 Å². The topological polar surface area (TPSA) is 4.93 Å². The fourth-order valence-electron chi connectivity index (χ4n) is 5.28. The molecule has 0 amide bonds. The summed E-state index contributed by atoms with van der Waals surface area (Å²) >= 11 is 0. The Morgan fingerprint density at radius 1 is 0.533 bits per heavy atom. The van der Waals surface area contributed by atoms with Gasteiger partial charge in [-0.3, -0.25) is 0 Å². The fraction of sp³-hybridized carbons (Fsp3) is 0.0345. The maximum Gasteiger partial charge on any atom is 0.0541 e. The van der Waals surface area contributed by atoms with Gasteiger partial charge in [0.15, 0.2) is 0 Å². The summed E-state index contributed by atoms with van der Waals surface area (Å²) in [6, 6.07) is 37.7. The number of rotatable bonds is 1. The number of hydrogen-bond acceptors (Lipinski definition) is 0. The maximum absolute atomic E-state index is 2.41. The first-order valence-electron chi connectivity index (χ1n) is 10.5. The van der Waals surface area contributed by atoms with Crippen LogP contribution in [0.5, 0.6) is 0 Å². The molecule has 140 valence electrons. The van der Waals surface area contributed by atoms with Crippen LogP contribution in [0.4, 0.5) is 0 Å². The molecular weight excluding hydrogens is 362 g/mol. The Kier molecular flexibility index (Phi) is 3.12. The van der Waals surface area contributed by atoms with E-state index in [1.807, 2.05) is 0 Å². The molecule has 1 heteroatoms. The highest BCUT2D eigenvalue weighted by Crippen LogP contribution is 2.43. The summed E-state index contributed by atoms with van der Waals surface area (Å²) in [6.45, 7) is 0. The number of benzene rings is 5. The standard InChI is InChI=1S/C29H19N/c1-2-8-23-19(7-1)13-14-21-17-20-15-16-22(18-26(20)29(21)23)30-27-11-5-3-9-24(27)25-10-4-6-12-28(25)30/h1-16,18H,17H2. The van der Waals surface area contributed by atoms with E-state index in [0.717, 1.165) is 6.42 Å². The van der Waals surface area contributed by atoms with E-state index in [1.54, 1.807) is 0 Å². The summed E-state index contributed by atoms with van der Waals surface area (Å²) in [7, 11) is 0. The van der Waals surface area contributed by atoms with E-state index < -0.39 is 0 Å². The minimum Gasteiger partial charge on any atom is -0.309 e. The molecule has 0 saturated heterocycles. The molecule has 0 atom stereocenters. The van der Waals surface area contributed by atoms with E-state index in [4.69, 9.17) is 0 Å². The summed E-state index contributed by atoms with van der Waals surface area (Å²) in [4.78, 5) is 0. The monoisotopic (exact) mass is 381 g/mol. The van der Waals surface area contributed by atoms with Gasteiger partial charge in [-0.05, 0) is 63.7 Å². The summed E-state index contributed by atoms with van der Waals surface area (Å²) < 4.78 is 2.41. The van der Waals surface area contributed by atoms with E-state index in [0.29, 0.717) is 0 Å². The van der Waals surface area contributed by atoms with Gasteiger partial charge in [0.05, 0.1) is 11.0 Å². The van der Waals surface area contributed by atoms with Gasteiger partial charge in [-0.1, -0.05) is 78.9 Å². The van der Waals surface area contributed by atoms with Crippen LogP contribution in [0.15, 0.2) is 103 Å². The van der Waals surface area contributed by atoms with Gasteiger partial charge in [0, 0.05) is 16.5 Å². The van der Waals surface area contributed by atoms with Crippen molar-refractivity contribution in [2.45, 2.75) is 6.42 Å². The molecule has 1 aliphatic rings. The number of hydrogen-bond donors (Lipinski definition) is 0. The molecule has 7 rings (SSSR count). The molecule has 0 fully saturated rings. The van der Waals surface area contributed by atoms with E-state index in [-0.39, 0.29) is 0 Å². The first-order valence-corrected chi connectivity index (χ1v) is 10.5. The summed E-state index contributed by atoms with van der Waals surface area (Å²) in [5, 5.41) is 5.28. The predicted octanol–water partition coefficient (Wildman–Crippen LogP) is 7.51. The van der Waals surface area contributed by atoms with E-state index in [1.165, 1.54) is 60.5 Å². The Morgan fingerprint density at radius 2 is 1.17 bits per heavy atom. The van der Waals surface area contributed by atoms with Crippen molar-refractivity contribution in [2.75, 3.05) is 0 Å². The molecule has 5 aromatic carbocycles. The van der Waals surface area contributed by atoms with Crippen molar-refractivity contribution < 1.29 is 0 Å². The van der Waals surface area contributed by atoms with Gasteiger partial charge >= 0.3 is 0 Å². The van der Waals surface area contributed by atoms with Crippen molar-refractivity contribution in [3.8, 4) is 16.8 Å². The molecule has 0 spiro atoms. The van der Waals surface area contributed by atoms with Crippen LogP contribution < -0.4 is 0 Å². The van der Waals surface area contributed by atoms with E-state index in [9.17, 15) is 0 Å².